The summed E-state index contributed by atoms with van der Waals surface area (Å²) in [5.41, 5.74) is -0.0452. The van der Waals surface area contributed by atoms with Gasteiger partial charge >= 0.3 is 6.09 Å². The Balaban J connectivity index is 2.71. The van der Waals surface area contributed by atoms with E-state index in [1.807, 2.05) is 0 Å². The number of amides is 1. The van der Waals surface area contributed by atoms with Crippen molar-refractivity contribution in [1.29, 1.82) is 0 Å². The number of nitrogens with one attached hydrogen (secondary N) is 2. The van der Waals surface area contributed by atoms with Crippen LogP contribution in [0.25, 0.3) is 0 Å². The molecule has 0 aromatic carbocycles. The molecular formula is C12H19N3O4S. The van der Waals surface area contributed by atoms with E-state index in [1.165, 1.54) is 6.20 Å². The van der Waals surface area contributed by atoms with Gasteiger partial charge in [-0.3, -0.25) is 4.72 Å². The molecule has 1 amide bonds. The first-order valence-corrected chi connectivity index (χ1v) is 7.84. The average molecular weight is 301 g/mol. The third kappa shape index (κ3) is 6.37. The van der Waals surface area contributed by atoms with E-state index in [4.69, 9.17) is 4.74 Å². The van der Waals surface area contributed by atoms with Crippen molar-refractivity contribution in [2.75, 3.05) is 11.0 Å². The average Bonchev–Trinajstić information content (AvgIpc) is 2.23. The highest BCUT2D eigenvalue weighted by Crippen LogP contribution is 2.13. The molecule has 0 unspecified atom stereocenters. The minimum atomic E-state index is -3.42. The van der Waals surface area contributed by atoms with Crippen LogP contribution in [0.4, 0.5) is 10.6 Å². The summed E-state index contributed by atoms with van der Waals surface area (Å²) in [7, 11) is -3.42. The van der Waals surface area contributed by atoms with Crippen LogP contribution in [0, 0.1) is 0 Å². The van der Waals surface area contributed by atoms with E-state index < -0.39 is 21.7 Å². The van der Waals surface area contributed by atoms with E-state index in [0.29, 0.717) is 5.56 Å². The lowest BCUT2D eigenvalue weighted by Gasteiger charge is -2.20. The van der Waals surface area contributed by atoms with Gasteiger partial charge in [0.05, 0.1) is 6.26 Å². The number of hydrogen-bond donors (Lipinski definition) is 2. The number of anilines is 1. The van der Waals surface area contributed by atoms with Crippen molar-refractivity contribution in [3.05, 3.63) is 23.9 Å². The van der Waals surface area contributed by atoms with Crippen molar-refractivity contribution in [2.45, 2.75) is 32.9 Å². The van der Waals surface area contributed by atoms with Crippen molar-refractivity contribution >= 4 is 21.9 Å². The highest BCUT2D eigenvalue weighted by molar-refractivity contribution is 7.92. The molecule has 1 heterocycles. The van der Waals surface area contributed by atoms with Gasteiger partial charge in [0.2, 0.25) is 10.0 Å². The molecule has 0 atom stereocenters. The molecule has 0 saturated heterocycles. The smallest absolute Gasteiger partial charge is 0.407 e. The zero-order valence-corrected chi connectivity index (χ0v) is 12.7. The summed E-state index contributed by atoms with van der Waals surface area (Å²) in [6.45, 7) is 5.38. The SMILES string of the molecule is CC(C)(C)OC(=O)NCc1cccnc1NS(C)(=O)=O. The van der Waals surface area contributed by atoms with Gasteiger partial charge < -0.3 is 10.1 Å². The van der Waals surface area contributed by atoms with Gasteiger partial charge in [-0.15, -0.1) is 0 Å². The first-order valence-electron chi connectivity index (χ1n) is 5.95. The maximum absolute atomic E-state index is 11.5. The van der Waals surface area contributed by atoms with Gasteiger partial charge in [0, 0.05) is 18.3 Å². The van der Waals surface area contributed by atoms with E-state index in [9.17, 15) is 13.2 Å². The maximum atomic E-state index is 11.5. The third-order valence-corrected chi connectivity index (χ3v) is 2.56. The van der Waals surface area contributed by atoms with Gasteiger partial charge in [0.15, 0.2) is 0 Å². The summed E-state index contributed by atoms with van der Waals surface area (Å²) >= 11 is 0. The maximum Gasteiger partial charge on any atom is 0.407 e. The monoisotopic (exact) mass is 301 g/mol. The van der Waals surface area contributed by atoms with Gasteiger partial charge in [-0.1, -0.05) is 6.07 Å². The summed E-state index contributed by atoms with van der Waals surface area (Å²) in [4.78, 5) is 15.5. The molecule has 112 valence electrons. The number of pyridine rings is 1. The molecule has 0 radical (unpaired) electrons. The minimum absolute atomic E-state index is 0.112. The topological polar surface area (TPSA) is 97.4 Å². The number of sulfonamides is 1. The highest BCUT2D eigenvalue weighted by atomic mass is 32.2. The quantitative estimate of drug-likeness (QED) is 0.878. The predicted molar refractivity (Wildman–Crippen MR) is 75.8 cm³/mol. The number of carbonyl (C=O) groups is 1. The normalized spacial score (nSPS) is 11.8. The second kappa shape index (κ2) is 6.08. The zero-order chi connectivity index (χ0) is 15.4. The molecule has 1 rings (SSSR count). The standard InChI is InChI=1S/C12H19N3O4S/c1-12(2,3)19-11(16)14-8-9-6-5-7-13-10(9)15-20(4,17)18/h5-7H,8H2,1-4H3,(H,13,15)(H,14,16). The number of aromatic nitrogens is 1. The molecule has 20 heavy (non-hydrogen) atoms. The molecule has 0 fully saturated rings. The molecule has 1 aromatic rings. The first-order chi connectivity index (χ1) is 9.07. The molecule has 0 saturated carbocycles. The summed E-state index contributed by atoms with van der Waals surface area (Å²) < 4.78 is 29.8. The van der Waals surface area contributed by atoms with Gasteiger partial charge in [-0.05, 0) is 26.8 Å². The van der Waals surface area contributed by atoms with E-state index in [-0.39, 0.29) is 12.4 Å². The number of alkyl carbamates (subject to hydrolysis) is 1. The Hall–Kier alpha value is -1.83. The van der Waals surface area contributed by atoms with Crippen molar-refractivity contribution in [3.8, 4) is 0 Å². The van der Waals surface area contributed by atoms with Crippen LogP contribution in [0.5, 0.6) is 0 Å². The van der Waals surface area contributed by atoms with Crippen LogP contribution in [0.3, 0.4) is 0 Å². The molecule has 7 nitrogen and oxygen atoms in total. The van der Waals surface area contributed by atoms with Crippen LogP contribution in [0.1, 0.15) is 26.3 Å². The number of ether oxygens (including phenoxy) is 1. The van der Waals surface area contributed by atoms with Crippen LogP contribution >= 0.6 is 0 Å². The molecule has 0 spiro atoms. The van der Waals surface area contributed by atoms with Crippen molar-refractivity contribution in [3.63, 3.8) is 0 Å². The Labute approximate surface area is 118 Å². The number of nitrogens with zero attached hydrogens (tertiary/aromatic N) is 1. The summed E-state index contributed by atoms with van der Waals surface area (Å²) in [5.74, 6) is 0.186. The number of rotatable bonds is 4. The highest BCUT2D eigenvalue weighted by Gasteiger charge is 2.16. The fraction of sp³-hybridized carbons (Fsp3) is 0.500. The fourth-order valence-electron chi connectivity index (χ4n) is 1.33. The molecule has 0 aliphatic carbocycles. The molecule has 0 aliphatic heterocycles. The molecular weight excluding hydrogens is 282 g/mol. The Morgan fingerprint density at radius 1 is 1.40 bits per heavy atom. The lowest BCUT2D eigenvalue weighted by atomic mass is 10.2. The van der Waals surface area contributed by atoms with Crippen molar-refractivity contribution in [2.24, 2.45) is 0 Å². The van der Waals surface area contributed by atoms with Gasteiger partial charge in [-0.2, -0.15) is 0 Å². The Kier molecular flexibility index (Phi) is 4.93. The van der Waals surface area contributed by atoms with Gasteiger partial charge in [0.1, 0.15) is 11.4 Å². The van der Waals surface area contributed by atoms with E-state index in [2.05, 4.69) is 15.0 Å². The van der Waals surface area contributed by atoms with Crippen LogP contribution in [-0.2, 0) is 21.3 Å². The summed E-state index contributed by atoms with van der Waals surface area (Å²) in [6, 6.07) is 3.32. The van der Waals surface area contributed by atoms with E-state index in [1.54, 1.807) is 32.9 Å². The number of hydrogen-bond acceptors (Lipinski definition) is 5. The molecule has 8 heteroatoms. The fourth-order valence-corrected chi connectivity index (χ4v) is 1.87. The molecule has 1 aromatic heterocycles. The lowest BCUT2D eigenvalue weighted by molar-refractivity contribution is 0.0523. The zero-order valence-electron chi connectivity index (χ0n) is 11.9. The Bertz CT molecular complexity index is 579. The first kappa shape index (κ1) is 16.2. The molecule has 0 bridgehead atoms. The summed E-state index contributed by atoms with van der Waals surface area (Å²) in [6.07, 6.45) is 1.92. The van der Waals surface area contributed by atoms with Crippen LogP contribution in [0.15, 0.2) is 18.3 Å². The third-order valence-electron chi connectivity index (χ3n) is 2.00. The van der Waals surface area contributed by atoms with E-state index in [0.717, 1.165) is 6.26 Å². The Morgan fingerprint density at radius 3 is 2.60 bits per heavy atom. The van der Waals surface area contributed by atoms with Crippen LogP contribution < -0.4 is 10.0 Å². The van der Waals surface area contributed by atoms with Crippen molar-refractivity contribution in [1.82, 2.24) is 10.3 Å². The van der Waals surface area contributed by atoms with E-state index >= 15 is 0 Å². The Morgan fingerprint density at radius 2 is 2.05 bits per heavy atom. The second-order valence-corrected chi connectivity index (χ2v) is 6.99. The summed E-state index contributed by atoms with van der Waals surface area (Å²) in [5, 5.41) is 2.55. The largest absolute Gasteiger partial charge is 0.444 e. The minimum Gasteiger partial charge on any atom is -0.444 e. The van der Waals surface area contributed by atoms with Crippen LogP contribution in [0.2, 0.25) is 0 Å². The number of carbonyl (C=O) groups excluding carboxylic acids is 1. The molecule has 0 aliphatic rings. The second-order valence-electron chi connectivity index (χ2n) is 5.24. The van der Waals surface area contributed by atoms with Crippen molar-refractivity contribution < 1.29 is 17.9 Å². The van der Waals surface area contributed by atoms with Gasteiger partial charge in [0.25, 0.3) is 0 Å². The van der Waals surface area contributed by atoms with Gasteiger partial charge in [-0.25, -0.2) is 18.2 Å². The molecule has 2 N–H and O–H groups in total. The predicted octanol–water partition coefficient (Wildman–Crippen LogP) is 1.48. The van der Waals surface area contributed by atoms with Crippen LogP contribution in [-0.4, -0.2) is 31.4 Å². The lowest BCUT2D eigenvalue weighted by Crippen LogP contribution is -2.32.